The van der Waals surface area contributed by atoms with E-state index in [2.05, 4.69) is 50.1 Å². The molecule has 0 aliphatic rings. The van der Waals surface area contributed by atoms with Gasteiger partial charge in [-0.25, -0.2) is 0 Å². The van der Waals surface area contributed by atoms with Crippen molar-refractivity contribution >= 4 is 0 Å². The number of hydrogen-bond acceptors (Lipinski definition) is 1. The van der Waals surface area contributed by atoms with E-state index in [9.17, 15) is 0 Å². The first-order chi connectivity index (χ1) is 5.70. The van der Waals surface area contributed by atoms with Gasteiger partial charge in [-0.05, 0) is 18.2 Å². The summed E-state index contributed by atoms with van der Waals surface area (Å²) in [6, 6.07) is 10.9. The molecule has 0 heterocycles. The van der Waals surface area contributed by atoms with Crippen LogP contribution in [0.25, 0.3) is 0 Å². The van der Waals surface area contributed by atoms with Crippen LogP contribution in [0, 0.1) is 7.05 Å². The van der Waals surface area contributed by atoms with Crippen LogP contribution in [0.1, 0.15) is 19.4 Å². The van der Waals surface area contributed by atoms with E-state index in [0.717, 1.165) is 6.54 Å². The van der Waals surface area contributed by atoms with Crippen molar-refractivity contribution in [1.82, 2.24) is 4.90 Å². The second-order valence-electron chi connectivity index (χ2n) is 3.33. The highest BCUT2D eigenvalue weighted by atomic mass is 15.1. The molecule has 0 radical (unpaired) electrons. The minimum atomic E-state index is 0.505. The van der Waals surface area contributed by atoms with E-state index >= 15 is 0 Å². The monoisotopic (exact) mass is 162 g/mol. The molecular weight excluding hydrogens is 146 g/mol. The molecule has 0 saturated carbocycles. The Labute approximate surface area is 75.0 Å². The maximum atomic E-state index is 3.97. The SMILES string of the molecule is [CH2-]N(Cc1ccccc1)C(C)C. The van der Waals surface area contributed by atoms with Crippen LogP contribution in [0.15, 0.2) is 30.3 Å². The van der Waals surface area contributed by atoms with Crippen molar-refractivity contribution in [2.75, 3.05) is 0 Å². The summed E-state index contributed by atoms with van der Waals surface area (Å²) >= 11 is 0. The smallest absolute Gasteiger partial charge is 0.00432 e. The van der Waals surface area contributed by atoms with Gasteiger partial charge >= 0.3 is 0 Å². The van der Waals surface area contributed by atoms with E-state index in [1.165, 1.54) is 5.56 Å². The summed E-state index contributed by atoms with van der Waals surface area (Å²) in [4.78, 5) is 2.08. The molecule has 12 heavy (non-hydrogen) atoms. The standard InChI is InChI=1S/C11H16N/c1-10(2)12(3)9-11-7-5-4-6-8-11/h4-8,10H,3,9H2,1-2H3/q-1. The van der Waals surface area contributed by atoms with Gasteiger partial charge in [0.2, 0.25) is 0 Å². The fraction of sp³-hybridized carbons (Fsp3) is 0.364. The van der Waals surface area contributed by atoms with Gasteiger partial charge in [0.1, 0.15) is 0 Å². The minimum Gasteiger partial charge on any atom is -0.453 e. The highest BCUT2D eigenvalue weighted by Gasteiger charge is 1.96. The Morgan fingerprint density at radius 2 is 1.83 bits per heavy atom. The highest BCUT2D eigenvalue weighted by Crippen LogP contribution is 2.05. The average Bonchev–Trinajstić information content (AvgIpc) is 2.06. The van der Waals surface area contributed by atoms with Crippen LogP contribution in [0.2, 0.25) is 0 Å². The van der Waals surface area contributed by atoms with Crippen molar-refractivity contribution in [1.29, 1.82) is 0 Å². The normalized spacial score (nSPS) is 11.1. The van der Waals surface area contributed by atoms with Crippen molar-refractivity contribution in [2.24, 2.45) is 0 Å². The van der Waals surface area contributed by atoms with Crippen molar-refractivity contribution in [3.63, 3.8) is 0 Å². The molecule has 1 aromatic rings. The van der Waals surface area contributed by atoms with Crippen LogP contribution in [0.3, 0.4) is 0 Å². The van der Waals surface area contributed by atoms with Crippen LogP contribution in [0.5, 0.6) is 0 Å². The molecule has 0 amide bonds. The number of benzene rings is 1. The third kappa shape index (κ3) is 2.67. The lowest BCUT2D eigenvalue weighted by Gasteiger charge is -2.29. The highest BCUT2D eigenvalue weighted by molar-refractivity contribution is 5.14. The molecule has 0 saturated heterocycles. The fourth-order valence-corrected chi connectivity index (χ4v) is 1.00. The van der Waals surface area contributed by atoms with E-state index in [0.29, 0.717) is 6.04 Å². The van der Waals surface area contributed by atoms with Gasteiger partial charge in [0.05, 0.1) is 0 Å². The summed E-state index contributed by atoms with van der Waals surface area (Å²) in [5.74, 6) is 0. The molecule has 0 aliphatic heterocycles. The molecule has 0 atom stereocenters. The lowest BCUT2D eigenvalue weighted by Crippen LogP contribution is -2.23. The van der Waals surface area contributed by atoms with Gasteiger partial charge in [-0.2, -0.15) is 0 Å². The van der Waals surface area contributed by atoms with E-state index < -0.39 is 0 Å². The van der Waals surface area contributed by atoms with Gasteiger partial charge in [-0.3, -0.25) is 7.05 Å². The minimum absolute atomic E-state index is 0.505. The maximum absolute atomic E-state index is 3.97. The predicted octanol–water partition coefficient (Wildman–Crippen LogP) is 2.69. The molecule has 0 N–H and O–H groups in total. The van der Waals surface area contributed by atoms with Gasteiger partial charge in [-0.15, -0.1) is 0 Å². The molecule has 0 bridgehead atoms. The molecule has 0 aromatic heterocycles. The lowest BCUT2D eigenvalue weighted by molar-refractivity contribution is 0.298. The first kappa shape index (κ1) is 9.27. The quantitative estimate of drug-likeness (QED) is 0.618. The fourth-order valence-electron chi connectivity index (χ4n) is 1.00. The lowest BCUT2D eigenvalue weighted by atomic mass is 10.2. The number of rotatable bonds is 3. The molecule has 66 valence electrons. The Morgan fingerprint density at radius 3 is 2.33 bits per heavy atom. The topological polar surface area (TPSA) is 3.24 Å². The Balaban J connectivity index is 2.53. The van der Waals surface area contributed by atoms with E-state index in [-0.39, 0.29) is 0 Å². The Morgan fingerprint density at radius 1 is 1.25 bits per heavy atom. The summed E-state index contributed by atoms with van der Waals surface area (Å²) < 4.78 is 0. The molecule has 0 unspecified atom stereocenters. The summed E-state index contributed by atoms with van der Waals surface area (Å²) in [5.41, 5.74) is 1.32. The molecule has 0 fully saturated rings. The van der Waals surface area contributed by atoms with Crippen molar-refractivity contribution in [3.05, 3.63) is 42.9 Å². The molecular formula is C11H16N-. The second kappa shape index (κ2) is 4.27. The third-order valence-corrected chi connectivity index (χ3v) is 1.96. The largest absolute Gasteiger partial charge is 0.453 e. The Hall–Kier alpha value is -0.820. The first-order valence-electron chi connectivity index (χ1n) is 4.31. The van der Waals surface area contributed by atoms with Crippen LogP contribution in [0.4, 0.5) is 0 Å². The predicted molar refractivity (Wildman–Crippen MR) is 52.5 cm³/mol. The van der Waals surface area contributed by atoms with Crippen LogP contribution >= 0.6 is 0 Å². The molecule has 1 heteroatoms. The molecule has 1 nitrogen and oxygen atoms in total. The molecule has 0 spiro atoms. The summed E-state index contributed by atoms with van der Waals surface area (Å²) in [6.45, 7) is 5.23. The van der Waals surface area contributed by atoms with Crippen molar-refractivity contribution in [2.45, 2.75) is 26.4 Å². The zero-order valence-corrected chi connectivity index (χ0v) is 7.83. The van der Waals surface area contributed by atoms with Gasteiger partial charge < -0.3 is 4.90 Å². The van der Waals surface area contributed by atoms with E-state index in [1.807, 2.05) is 6.07 Å². The summed E-state index contributed by atoms with van der Waals surface area (Å²) in [7, 11) is 3.97. The average molecular weight is 162 g/mol. The van der Waals surface area contributed by atoms with Gasteiger partial charge in [-0.1, -0.05) is 44.2 Å². The van der Waals surface area contributed by atoms with Crippen molar-refractivity contribution in [3.8, 4) is 0 Å². The van der Waals surface area contributed by atoms with Crippen LogP contribution < -0.4 is 0 Å². The zero-order chi connectivity index (χ0) is 8.97. The molecule has 0 aliphatic carbocycles. The van der Waals surface area contributed by atoms with Gasteiger partial charge in [0, 0.05) is 0 Å². The summed E-state index contributed by atoms with van der Waals surface area (Å²) in [5, 5.41) is 0. The van der Waals surface area contributed by atoms with Crippen molar-refractivity contribution < 1.29 is 0 Å². The maximum Gasteiger partial charge on any atom is -0.00432 e. The van der Waals surface area contributed by atoms with E-state index in [1.54, 1.807) is 0 Å². The third-order valence-electron chi connectivity index (χ3n) is 1.96. The first-order valence-corrected chi connectivity index (χ1v) is 4.31. The number of hydrogen-bond donors (Lipinski definition) is 0. The Kier molecular flexibility index (Phi) is 3.30. The summed E-state index contributed by atoms with van der Waals surface area (Å²) in [6.07, 6.45) is 0. The molecule has 1 aromatic carbocycles. The van der Waals surface area contributed by atoms with E-state index in [4.69, 9.17) is 0 Å². The van der Waals surface area contributed by atoms with Crippen LogP contribution in [-0.4, -0.2) is 10.9 Å². The molecule has 1 rings (SSSR count). The van der Waals surface area contributed by atoms with Gasteiger partial charge in [0.15, 0.2) is 0 Å². The Bertz CT molecular complexity index is 216. The van der Waals surface area contributed by atoms with Gasteiger partial charge in [0.25, 0.3) is 0 Å². The zero-order valence-electron chi connectivity index (χ0n) is 7.83. The van der Waals surface area contributed by atoms with Crippen LogP contribution in [-0.2, 0) is 6.54 Å². The number of nitrogens with zero attached hydrogens (tertiary/aromatic N) is 1. The second-order valence-corrected chi connectivity index (χ2v) is 3.33.